The fourth-order valence-corrected chi connectivity index (χ4v) is 2.46. The number of esters is 1. The van der Waals surface area contributed by atoms with Gasteiger partial charge in [-0.15, -0.1) is 0 Å². The number of nitrogens with zero attached hydrogens (tertiary/aromatic N) is 3. The SMILES string of the molecule is CCOC(=O)C1CCN(C(=O)Cn2ccc(C(F)(F)F)n2)CC1. The molecule has 1 aliphatic heterocycles. The molecule has 9 heteroatoms. The van der Waals surface area contributed by atoms with E-state index in [0.717, 1.165) is 16.9 Å². The number of alkyl halides is 3. The summed E-state index contributed by atoms with van der Waals surface area (Å²) in [6.45, 7) is 2.57. The van der Waals surface area contributed by atoms with Gasteiger partial charge in [0.25, 0.3) is 0 Å². The summed E-state index contributed by atoms with van der Waals surface area (Å²) in [5.74, 6) is -0.800. The van der Waals surface area contributed by atoms with E-state index in [4.69, 9.17) is 4.74 Å². The average molecular weight is 333 g/mol. The summed E-state index contributed by atoms with van der Waals surface area (Å²) in [7, 11) is 0. The highest BCUT2D eigenvalue weighted by Gasteiger charge is 2.34. The number of ether oxygens (including phenoxy) is 1. The average Bonchev–Trinajstić information content (AvgIpc) is 2.96. The molecule has 1 amide bonds. The summed E-state index contributed by atoms with van der Waals surface area (Å²) in [6.07, 6.45) is -2.40. The lowest BCUT2D eigenvalue weighted by Crippen LogP contribution is -2.42. The maximum atomic E-state index is 12.5. The van der Waals surface area contributed by atoms with Crippen molar-refractivity contribution in [1.82, 2.24) is 14.7 Å². The highest BCUT2D eigenvalue weighted by Crippen LogP contribution is 2.27. The van der Waals surface area contributed by atoms with E-state index >= 15 is 0 Å². The number of likely N-dealkylation sites (tertiary alicyclic amines) is 1. The Morgan fingerprint density at radius 2 is 2.00 bits per heavy atom. The normalized spacial score (nSPS) is 16.4. The first kappa shape index (κ1) is 17.3. The molecule has 0 N–H and O–H groups in total. The fourth-order valence-electron chi connectivity index (χ4n) is 2.46. The van der Waals surface area contributed by atoms with Crippen LogP contribution >= 0.6 is 0 Å². The summed E-state index contributed by atoms with van der Waals surface area (Å²) in [5, 5.41) is 3.35. The predicted octanol–water partition coefficient (Wildman–Crippen LogP) is 1.70. The van der Waals surface area contributed by atoms with Gasteiger partial charge in [0, 0.05) is 19.3 Å². The van der Waals surface area contributed by atoms with Crippen LogP contribution < -0.4 is 0 Å². The van der Waals surface area contributed by atoms with Gasteiger partial charge in [-0.1, -0.05) is 0 Å². The molecule has 2 heterocycles. The Morgan fingerprint density at radius 1 is 1.35 bits per heavy atom. The molecule has 128 valence electrons. The maximum Gasteiger partial charge on any atom is 0.435 e. The molecule has 0 atom stereocenters. The van der Waals surface area contributed by atoms with Gasteiger partial charge in [-0.2, -0.15) is 18.3 Å². The zero-order valence-electron chi connectivity index (χ0n) is 12.7. The van der Waals surface area contributed by atoms with E-state index in [-0.39, 0.29) is 24.3 Å². The third-order valence-corrected chi connectivity index (χ3v) is 3.70. The molecule has 0 saturated carbocycles. The van der Waals surface area contributed by atoms with Crippen molar-refractivity contribution in [3.05, 3.63) is 18.0 Å². The van der Waals surface area contributed by atoms with E-state index in [1.165, 1.54) is 4.90 Å². The Hall–Kier alpha value is -2.06. The van der Waals surface area contributed by atoms with Crippen LogP contribution in [0.4, 0.5) is 13.2 Å². The van der Waals surface area contributed by atoms with Crippen LogP contribution in [0.3, 0.4) is 0 Å². The lowest BCUT2D eigenvalue weighted by atomic mass is 9.97. The Morgan fingerprint density at radius 3 is 2.52 bits per heavy atom. The van der Waals surface area contributed by atoms with Crippen molar-refractivity contribution in [1.29, 1.82) is 0 Å². The number of hydrogen-bond donors (Lipinski definition) is 0. The lowest BCUT2D eigenvalue weighted by Gasteiger charge is -2.30. The lowest BCUT2D eigenvalue weighted by molar-refractivity contribution is -0.151. The van der Waals surface area contributed by atoms with Crippen molar-refractivity contribution in [2.45, 2.75) is 32.5 Å². The molecule has 0 unspecified atom stereocenters. The van der Waals surface area contributed by atoms with Crippen LogP contribution in [-0.4, -0.2) is 46.3 Å². The van der Waals surface area contributed by atoms with Gasteiger partial charge in [-0.25, -0.2) is 0 Å². The smallest absolute Gasteiger partial charge is 0.435 e. The molecule has 1 fully saturated rings. The van der Waals surface area contributed by atoms with Gasteiger partial charge in [0.05, 0.1) is 12.5 Å². The Labute approximate surface area is 131 Å². The fraction of sp³-hybridized carbons (Fsp3) is 0.643. The minimum atomic E-state index is -4.52. The molecule has 6 nitrogen and oxygen atoms in total. The van der Waals surface area contributed by atoms with Gasteiger partial charge in [-0.3, -0.25) is 14.3 Å². The van der Waals surface area contributed by atoms with E-state index in [9.17, 15) is 22.8 Å². The van der Waals surface area contributed by atoms with E-state index < -0.39 is 11.9 Å². The zero-order chi connectivity index (χ0) is 17.0. The standard InChI is InChI=1S/C14H18F3N3O3/c1-2-23-13(22)10-3-6-19(7-4-10)12(21)9-20-8-5-11(18-20)14(15,16)17/h5,8,10H,2-4,6-7,9H2,1H3. The van der Waals surface area contributed by atoms with Crippen LogP contribution in [0, 0.1) is 5.92 Å². The van der Waals surface area contributed by atoms with Gasteiger partial charge < -0.3 is 9.64 Å². The van der Waals surface area contributed by atoms with Crippen molar-refractivity contribution < 1.29 is 27.5 Å². The van der Waals surface area contributed by atoms with Crippen molar-refractivity contribution in [2.75, 3.05) is 19.7 Å². The predicted molar refractivity (Wildman–Crippen MR) is 73.2 cm³/mol. The number of amides is 1. The third kappa shape index (κ3) is 4.46. The minimum Gasteiger partial charge on any atom is -0.466 e. The second-order valence-corrected chi connectivity index (χ2v) is 5.30. The van der Waals surface area contributed by atoms with E-state index in [2.05, 4.69) is 5.10 Å². The molecule has 1 aromatic heterocycles. The van der Waals surface area contributed by atoms with E-state index in [1.54, 1.807) is 6.92 Å². The van der Waals surface area contributed by atoms with Crippen LogP contribution in [0.5, 0.6) is 0 Å². The number of halogens is 3. The summed E-state index contributed by atoms with van der Waals surface area (Å²) >= 11 is 0. The molecule has 1 saturated heterocycles. The number of carbonyl (C=O) groups excluding carboxylic acids is 2. The van der Waals surface area contributed by atoms with Crippen LogP contribution in [0.1, 0.15) is 25.5 Å². The quantitative estimate of drug-likeness (QED) is 0.787. The summed E-state index contributed by atoms with van der Waals surface area (Å²) in [4.78, 5) is 25.2. The number of hydrogen-bond acceptors (Lipinski definition) is 4. The molecule has 2 rings (SSSR count). The van der Waals surface area contributed by atoms with Gasteiger partial charge >= 0.3 is 12.1 Å². The van der Waals surface area contributed by atoms with Crippen LogP contribution in [-0.2, 0) is 27.0 Å². The minimum absolute atomic E-state index is 0.222. The molecule has 1 aromatic rings. The second kappa shape index (κ2) is 7.01. The first-order valence-electron chi connectivity index (χ1n) is 7.36. The molecule has 0 radical (unpaired) electrons. The largest absolute Gasteiger partial charge is 0.466 e. The number of carbonyl (C=O) groups is 2. The number of rotatable bonds is 4. The summed E-state index contributed by atoms with van der Waals surface area (Å²) in [5.41, 5.74) is -1.02. The van der Waals surface area contributed by atoms with Crippen LogP contribution in [0.25, 0.3) is 0 Å². The van der Waals surface area contributed by atoms with Gasteiger partial charge in [0.1, 0.15) is 6.54 Å². The van der Waals surface area contributed by atoms with Crippen LogP contribution in [0.2, 0.25) is 0 Å². The van der Waals surface area contributed by atoms with Gasteiger partial charge in [-0.05, 0) is 25.8 Å². The van der Waals surface area contributed by atoms with E-state index in [1.807, 2.05) is 0 Å². The second-order valence-electron chi connectivity index (χ2n) is 5.30. The van der Waals surface area contributed by atoms with Crippen molar-refractivity contribution in [3.63, 3.8) is 0 Å². The first-order valence-corrected chi connectivity index (χ1v) is 7.36. The molecular formula is C14H18F3N3O3. The molecule has 0 bridgehead atoms. The van der Waals surface area contributed by atoms with Crippen molar-refractivity contribution in [2.24, 2.45) is 5.92 Å². The third-order valence-electron chi connectivity index (χ3n) is 3.70. The number of aromatic nitrogens is 2. The van der Waals surface area contributed by atoms with E-state index in [0.29, 0.717) is 32.5 Å². The monoisotopic (exact) mass is 333 g/mol. The summed E-state index contributed by atoms with van der Waals surface area (Å²) in [6, 6.07) is 0.834. The zero-order valence-corrected chi connectivity index (χ0v) is 12.7. The molecule has 0 spiro atoms. The Balaban J connectivity index is 1.86. The Bertz CT molecular complexity index is 563. The maximum absolute atomic E-state index is 12.5. The molecular weight excluding hydrogens is 315 g/mol. The van der Waals surface area contributed by atoms with Crippen LogP contribution in [0.15, 0.2) is 12.3 Å². The molecule has 0 aromatic carbocycles. The first-order chi connectivity index (χ1) is 10.8. The molecule has 0 aliphatic carbocycles. The van der Waals surface area contributed by atoms with Gasteiger partial charge in [0.2, 0.25) is 5.91 Å². The highest BCUT2D eigenvalue weighted by atomic mass is 19.4. The highest BCUT2D eigenvalue weighted by molar-refractivity contribution is 5.77. The number of piperidine rings is 1. The summed E-state index contributed by atoms with van der Waals surface area (Å²) < 4.78 is 43.3. The Kier molecular flexibility index (Phi) is 5.27. The van der Waals surface area contributed by atoms with Gasteiger partial charge in [0.15, 0.2) is 5.69 Å². The molecule has 23 heavy (non-hydrogen) atoms. The van der Waals surface area contributed by atoms with Crippen molar-refractivity contribution >= 4 is 11.9 Å². The topological polar surface area (TPSA) is 64.4 Å². The van der Waals surface area contributed by atoms with Crippen molar-refractivity contribution in [3.8, 4) is 0 Å². The molecule has 1 aliphatic rings.